The van der Waals surface area contributed by atoms with Gasteiger partial charge in [0.1, 0.15) is 0 Å². The number of hydrogen-bond acceptors (Lipinski definition) is 3. The maximum absolute atomic E-state index is 11.4. The van der Waals surface area contributed by atoms with Crippen molar-refractivity contribution in [1.82, 2.24) is 10.2 Å². The highest BCUT2D eigenvalue weighted by atomic mass is 79.9. The number of rotatable bonds is 4. The fraction of sp³-hybridized carbons (Fsp3) is 0.562. The van der Waals surface area contributed by atoms with Crippen molar-refractivity contribution in [1.29, 1.82) is 0 Å². The van der Waals surface area contributed by atoms with Gasteiger partial charge in [-0.15, -0.1) is 0 Å². The Hall–Kier alpha value is -1.07. The first kappa shape index (κ1) is 14.9. The molecule has 5 heteroatoms. The van der Waals surface area contributed by atoms with Crippen molar-refractivity contribution in [3.05, 3.63) is 28.2 Å². The molecule has 0 spiro atoms. The van der Waals surface area contributed by atoms with Gasteiger partial charge in [-0.1, -0.05) is 15.9 Å². The topological polar surface area (TPSA) is 35.6 Å². The molecule has 114 valence electrons. The zero-order valence-corrected chi connectivity index (χ0v) is 14.0. The molecule has 2 fully saturated rings. The molecule has 1 amide bonds. The first-order valence-corrected chi connectivity index (χ1v) is 8.45. The van der Waals surface area contributed by atoms with E-state index in [9.17, 15) is 4.79 Å². The highest BCUT2D eigenvalue weighted by Crippen LogP contribution is 2.27. The lowest BCUT2D eigenvalue weighted by Crippen LogP contribution is -2.48. The standard InChI is InChI=1S/C16H22BrN3O/c1-12(21)19-6-8-20(9-7-19)16-5-2-14(17)10-13(16)11-18-15-3-4-15/h2,5,10,15,18H,3-4,6-9,11H2,1H3. The third kappa shape index (κ3) is 3.77. The lowest BCUT2D eigenvalue weighted by atomic mass is 10.1. The van der Waals surface area contributed by atoms with Gasteiger partial charge in [-0.05, 0) is 36.6 Å². The molecular formula is C16H22BrN3O. The Kier molecular flexibility index (Phi) is 4.50. The van der Waals surface area contributed by atoms with Gasteiger partial charge in [0.15, 0.2) is 0 Å². The van der Waals surface area contributed by atoms with Gasteiger partial charge in [-0.3, -0.25) is 4.79 Å². The number of nitrogens with one attached hydrogen (secondary N) is 1. The van der Waals surface area contributed by atoms with Crippen LogP contribution in [0.5, 0.6) is 0 Å². The molecule has 1 heterocycles. The van der Waals surface area contributed by atoms with Crippen molar-refractivity contribution in [2.45, 2.75) is 32.4 Å². The minimum Gasteiger partial charge on any atom is -0.368 e. The Balaban J connectivity index is 1.70. The van der Waals surface area contributed by atoms with E-state index in [1.54, 1.807) is 6.92 Å². The van der Waals surface area contributed by atoms with Crippen molar-refractivity contribution in [3.8, 4) is 0 Å². The SMILES string of the molecule is CC(=O)N1CCN(c2ccc(Br)cc2CNC2CC2)CC1. The van der Waals surface area contributed by atoms with E-state index in [2.05, 4.69) is 44.3 Å². The number of piperazine rings is 1. The second-order valence-corrected chi connectivity index (χ2v) is 6.84. The quantitative estimate of drug-likeness (QED) is 0.904. The van der Waals surface area contributed by atoms with Gasteiger partial charge >= 0.3 is 0 Å². The summed E-state index contributed by atoms with van der Waals surface area (Å²) in [6.45, 7) is 6.05. The van der Waals surface area contributed by atoms with Gasteiger partial charge in [0, 0.05) is 55.8 Å². The summed E-state index contributed by atoms with van der Waals surface area (Å²) in [7, 11) is 0. The minimum atomic E-state index is 0.182. The fourth-order valence-electron chi connectivity index (χ4n) is 2.81. The zero-order chi connectivity index (χ0) is 14.8. The Morgan fingerprint density at radius 2 is 2.00 bits per heavy atom. The van der Waals surface area contributed by atoms with E-state index in [1.165, 1.54) is 24.1 Å². The second-order valence-electron chi connectivity index (χ2n) is 5.92. The van der Waals surface area contributed by atoms with Crippen LogP contribution in [-0.2, 0) is 11.3 Å². The third-order valence-electron chi connectivity index (χ3n) is 4.27. The number of amides is 1. The van der Waals surface area contributed by atoms with Crippen LogP contribution in [0.3, 0.4) is 0 Å². The number of halogens is 1. The van der Waals surface area contributed by atoms with Gasteiger partial charge in [0.2, 0.25) is 5.91 Å². The molecule has 1 aromatic rings. The normalized spacial score (nSPS) is 19.0. The maximum Gasteiger partial charge on any atom is 0.219 e. The number of nitrogens with zero attached hydrogens (tertiary/aromatic N) is 2. The van der Waals surface area contributed by atoms with Crippen LogP contribution in [0.1, 0.15) is 25.3 Å². The Morgan fingerprint density at radius 1 is 1.29 bits per heavy atom. The summed E-state index contributed by atoms with van der Waals surface area (Å²) in [5.74, 6) is 0.182. The van der Waals surface area contributed by atoms with E-state index in [-0.39, 0.29) is 5.91 Å². The first-order valence-electron chi connectivity index (χ1n) is 7.66. The van der Waals surface area contributed by atoms with E-state index in [0.29, 0.717) is 6.04 Å². The lowest BCUT2D eigenvalue weighted by Gasteiger charge is -2.36. The molecule has 0 atom stereocenters. The largest absolute Gasteiger partial charge is 0.368 e. The molecule has 1 aromatic carbocycles. The van der Waals surface area contributed by atoms with Crippen molar-refractivity contribution < 1.29 is 4.79 Å². The predicted octanol–water partition coefficient (Wildman–Crippen LogP) is 2.37. The van der Waals surface area contributed by atoms with Gasteiger partial charge < -0.3 is 15.1 Å². The Labute approximate surface area is 134 Å². The summed E-state index contributed by atoms with van der Waals surface area (Å²) in [5.41, 5.74) is 2.64. The van der Waals surface area contributed by atoms with Gasteiger partial charge in [-0.25, -0.2) is 0 Å². The van der Waals surface area contributed by atoms with Crippen molar-refractivity contribution in [2.75, 3.05) is 31.1 Å². The molecule has 0 bridgehead atoms. The number of hydrogen-bond donors (Lipinski definition) is 1. The van der Waals surface area contributed by atoms with E-state index in [4.69, 9.17) is 0 Å². The third-order valence-corrected chi connectivity index (χ3v) is 4.76. The summed E-state index contributed by atoms with van der Waals surface area (Å²) in [6.07, 6.45) is 2.61. The number of benzene rings is 1. The molecule has 1 aliphatic carbocycles. The highest BCUT2D eigenvalue weighted by molar-refractivity contribution is 9.10. The van der Waals surface area contributed by atoms with Crippen LogP contribution < -0.4 is 10.2 Å². The van der Waals surface area contributed by atoms with Crippen LogP contribution in [0, 0.1) is 0 Å². The molecule has 1 aliphatic heterocycles. The molecule has 1 N–H and O–H groups in total. The van der Waals surface area contributed by atoms with Crippen LogP contribution in [-0.4, -0.2) is 43.0 Å². The maximum atomic E-state index is 11.4. The van der Waals surface area contributed by atoms with Crippen LogP contribution in [0.25, 0.3) is 0 Å². The van der Waals surface area contributed by atoms with Crippen molar-refractivity contribution >= 4 is 27.5 Å². The molecule has 21 heavy (non-hydrogen) atoms. The summed E-state index contributed by atoms with van der Waals surface area (Å²) in [4.78, 5) is 15.8. The molecule has 1 saturated heterocycles. The number of anilines is 1. The van der Waals surface area contributed by atoms with Crippen LogP contribution >= 0.6 is 15.9 Å². The molecular weight excluding hydrogens is 330 g/mol. The second kappa shape index (κ2) is 6.36. The molecule has 3 rings (SSSR count). The minimum absolute atomic E-state index is 0.182. The van der Waals surface area contributed by atoms with E-state index in [1.807, 2.05) is 4.90 Å². The van der Waals surface area contributed by atoms with E-state index < -0.39 is 0 Å². The van der Waals surface area contributed by atoms with Gasteiger partial charge in [-0.2, -0.15) is 0 Å². The molecule has 1 saturated carbocycles. The van der Waals surface area contributed by atoms with Crippen LogP contribution in [0.15, 0.2) is 22.7 Å². The van der Waals surface area contributed by atoms with Crippen LogP contribution in [0.4, 0.5) is 5.69 Å². The summed E-state index contributed by atoms with van der Waals surface area (Å²) >= 11 is 3.57. The summed E-state index contributed by atoms with van der Waals surface area (Å²) in [6, 6.07) is 7.22. The smallest absolute Gasteiger partial charge is 0.219 e. The summed E-state index contributed by atoms with van der Waals surface area (Å²) < 4.78 is 1.13. The van der Waals surface area contributed by atoms with Crippen LogP contribution in [0.2, 0.25) is 0 Å². The zero-order valence-electron chi connectivity index (χ0n) is 12.4. The molecule has 4 nitrogen and oxygen atoms in total. The Bertz CT molecular complexity index is 522. The molecule has 0 aromatic heterocycles. The molecule has 0 radical (unpaired) electrons. The lowest BCUT2D eigenvalue weighted by molar-refractivity contribution is -0.129. The average molecular weight is 352 g/mol. The number of carbonyl (C=O) groups is 1. The monoisotopic (exact) mass is 351 g/mol. The summed E-state index contributed by atoms with van der Waals surface area (Å²) in [5, 5.41) is 3.59. The number of carbonyl (C=O) groups excluding carboxylic acids is 1. The Morgan fingerprint density at radius 3 is 2.62 bits per heavy atom. The van der Waals surface area contributed by atoms with Gasteiger partial charge in [0.25, 0.3) is 0 Å². The predicted molar refractivity (Wildman–Crippen MR) is 88.5 cm³/mol. The highest BCUT2D eigenvalue weighted by Gasteiger charge is 2.23. The average Bonchev–Trinajstić information content (AvgIpc) is 3.29. The van der Waals surface area contributed by atoms with Crippen molar-refractivity contribution in [2.24, 2.45) is 0 Å². The molecule has 0 unspecified atom stereocenters. The first-order chi connectivity index (χ1) is 10.1. The van der Waals surface area contributed by atoms with Gasteiger partial charge in [0.05, 0.1) is 0 Å². The molecule has 2 aliphatic rings. The fourth-order valence-corrected chi connectivity index (χ4v) is 3.22. The van der Waals surface area contributed by atoms with E-state index in [0.717, 1.165) is 37.2 Å². The van der Waals surface area contributed by atoms with E-state index >= 15 is 0 Å². The van der Waals surface area contributed by atoms with Crippen molar-refractivity contribution in [3.63, 3.8) is 0 Å².